The summed E-state index contributed by atoms with van der Waals surface area (Å²) in [5.74, 6) is -1.97. The number of nitro benzene ring substituents is 2. The number of anilines is 1. The minimum Gasteiger partial charge on any atom is -0.493 e. The second-order valence-corrected chi connectivity index (χ2v) is 9.46. The third kappa shape index (κ3) is 5.51. The maximum Gasteiger partial charge on any atom is 0.335 e. The lowest BCUT2D eigenvalue weighted by Gasteiger charge is -2.27. The van der Waals surface area contributed by atoms with Gasteiger partial charge in [0, 0.05) is 6.07 Å². The number of benzene rings is 3. The van der Waals surface area contributed by atoms with Crippen LogP contribution >= 0.6 is 15.9 Å². The first-order valence-electron chi connectivity index (χ1n) is 11.4. The third-order valence-electron chi connectivity index (χ3n) is 5.69. The number of rotatable bonds is 7. The Morgan fingerprint density at radius 3 is 2.20 bits per heavy atom. The van der Waals surface area contributed by atoms with Crippen molar-refractivity contribution in [2.75, 3.05) is 12.0 Å². The molecule has 14 heteroatoms. The molecular formula is C26H19BrN4O9. The number of carbonyl (C=O) groups is 3. The van der Waals surface area contributed by atoms with Gasteiger partial charge in [0.2, 0.25) is 5.75 Å². The van der Waals surface area contributed by atoms with Crippen LogP contribution in [0.3, 0.4) is 0 Å². The number of halogens is 1. The monoisotopic (exact) mass is 610 g/mol. The van der Waals surface area contributed by atoms with Crippen LogP contribution in [-0.2, 0) is 9.59 Å². The molecule has 1 aliphatic heterocycles. The lowest BCUT2D eigenvalue weighted by molar-refractivity contribution is -0.394. The first-order chi connectivity index (χ1) is 18.9. The summed E-state index contributed by atoms with van der Waals surface area (Å²) in [7, 11) is 1.30. The number of hydrogen-bond acceptors (Lipinski definition) is 9. The van der Waals surface area contributed by atoms with E-state index in [2.05, 4.69) is 21.2 Å². The molecule has 0 bridgehead atoms. The van der Waals surface area contributed by atoms with Crippen molar-refractivity contribution in [2.24, 2.45) is 0 Å². The normalized spacial score (nSPS) is 14.2. The Morgan fingerprint density at radius 1 is 0.925 bits per heavy atom. The van der Waals surface area contributed by atoms with Gasteiger partial charge in [0.05, 0.1) is 33.2 Å². The molecule has 0 radical (unpaired) electrons. The molecule has 4 rings (SSSR count). The molecule has 0 unspecified atom stereocenters. The fraction of sp³-hybridized carbons (Fsp3) is 0.115. The van der Waals surface area contributed by atoms with Crippen molar-refractivity contribution < 1.29 is 33.7 Å². The molecule has 0 atom stereocenters. The summed E-state index contributed by atoms with van der Waals surface area (Å²) in [4.78, 5) is 60.3. The van der Waals surface area contributed by atoms with E-state index in [-0.39, 0.29) is 27.3 Å². The summed E-state index contributed by atoms with van der Waals surface area (Å²) >= 11 is 3.30. The van der Waals surface area contributed by atoms with Crippen LogP contribution in [0, 0.1) is 34.1 Å². The summed E-state index contributed by atoms with van der Waals surface area (Å²) in [6.07, 6.45) is 1.26. The molecular weight excluding hydrogens is 592 g/mol. The molecule has 13 nitrogen and oxygen atoms in total. The Bertz CT molecular complexity index is 1630. The lowest BCUT2D eigenvalue weighted by atomic mass is 10.0. The summed E-state index contributed by atoms with van der Waals surface area (Å²) in [5, 5.41) is 24.7. The van der Waals surface area contributed by atoms with E-state index in [9.17, 15) is 34.6 Å². The quantitative estimate of drug-likeness (QED) is 0.160. The molecule has 1 fully saturated rings. The van der Waals surface area contributed by atoms with Gasteiger partial charge in [-0.25, -0.2) is 9.69 Å². The molecule has 3 aromatic carbocycles. The average molecular weight is 611 g/mol. The minimum atomic E-state index is -0.896. The first-order valence-corrected chi connectivity index (χ1v) is 12.2. The topological polar surface area (TPSA) is 171 Å². The van der Waals surface area contributed by atoms with Gasteiger partial charge >= 0.3 is 11.7 Å². The molecule has 1 saturated heterocycles. The van der Waals surface area contributed by atoms with Crippen LogP contribution in [0.15, 0.2) is 58.6 Å². The fourth-order valence-corrected chi connectivity index (χ4v) is 4.56. The van der Waals surface area contributed by atoms with Crippen molar-refractivity contribution in [3.8, 4) is 17.2 Å². The van der Waals surface area contributed by atoms with E-state index in [0.29, 0.717) is 11.3 Å². The standard InChI is InChI=1S/C26H19BrN4O9/c1-13-6-14(2)8-17(7-13)29-25(33)18(24(32)28-26(29)34)9-15-10-19(27)23(22(11-15)39-3)40-21-5-4-16(30(35)36)12-20(21)31(37)38/h4-12H,1-3H3,(H,28,32,34)/b18-9+. The number of non-ortho nitro benzene ring substituents is 1. The molecule has 1 aliphatic rings. The van der Waals surface area contributed by atoms with E-state index >= 15 is 0 Å². The summed E-state index contributed by atoms with van der Waals surface area (Å²) in [5.41, 5.74) is 0.761. The number of hydrogen-bond donors (Lipinski definition) is 1. The number of imide groups is 2. The Labute approximate surface area is 234 Å². The van der Waals surface area contributed by atoms with E-state index < -0.39 is 39.1 Å². The number of barbiturate groups is 1. The summed E-state index contributed by atoms with van der Waals surface area (Å²) in [6, 6.07) is 10.0. The van der Waals surface area contributed by atoms with Gasteiger partial charge in [-0.15, -0.1) is 0 Å². The average Bonchev–Trinajstić information content (AvgIpc) is 2.87. The highest BCUT2D eigenvalue weighted by Gasteiger charge is 2.37. The summed E-state index contributed by atoms with van der Waals surface area (Å²) in [6.45, 7) is 3.62. The van der Waals surface area contributed by atoms with Crippen LogP contribution < -0.4 is 19.7 Å². The van der Waals surface area contributed by atoms with Crippen LogP contribution in [0.4, 0.5) is 21.9 Å². The number of nitrogens with one attached hydrogen (secondary N) is 1. The zero-order valence-corrected chi connectivity index (χ0v) is 22.7. The van der Waals surface area contributed by atoms with Crippen molar-refractivity contribution in [1.29, 1.82) is 0 Å². The first kappa shape index (κ1) is 27.9. The van der Waals surface area contributed by atoms with Crippen molar-refractivity contribution in [1.82, 2.24) is 5.32 Å². The Balaban J connectivity index is 1.73. The molecule has 0 aliphatic carbocycles. The molecule has 40 heavy (non-hydrogen) atoms. The van der Waals surface area contributed by atoms with Gasteiger partial charge in [0.25, 0.3) is 17.5 Å². The Kier molecular flexibility index (Phi) is 7.63. The smallest absolute Gasteiger partial charge is 0.335 e. The van der Waals surface area contributed by atoms with Crippen molar-refractivity contribution in [3.63, 3.8) is 0 Å². The highest BCUT2D eigenvalue weighted by Crippen LogP contribution is 2.43. The Hall–Kier alpha value is -5.11. The van der Waals surface area contributed by atoms with E-state index in [1.165, 1.54) is 25.3 Å². The van der Waals surface area contributed by atoms with E-state index in [0.717, 1.165) is 34.2 Å². The molecule has 3 aromatic rings. The molecule has 4 amide bonds. The summed E-state index contributed by atoms with van der Waals surface area (Å²) < 4.78 is 11.3. The molecule has 1 N–H and O–H groups in total. The molecule has 0 spiro atoms. The molecule has 1 heterocycles. The predicted octanol–water partition coefficient (Wildman–Crippen LogP) is 5.35. The van der Waals surface area contributed by atoms with Gasteiger partial charge in [-0.1, -0.05) is 6.07 Å². The van der Waals surface area contributed by atoms with E-state index in [4.69, 9.17) is 9.47 Å². The number of nitrogens with zero attached hydrogens (tertiary/aromatic N) is 3. The molecule has 0 saturated carbocycles. The zero-order chi connectivity index (χ0) is 29.3. The van der Waals surface area contributed by atoms with Gasteiger partial charge in [-0.2, -0.15) is 0 Å². The third-order valence-corrected chi connectivity index (χ3v) is 6.28. The second kappa shape index (κ2) is 10.9. The highest BCUT2D eigenvalue weighted by atomic mass is 79.9. The van der Waals surface area contributed by atoms with E-state index in [1.54, 1.807) is 12.1 Å². The van der Waals surface area contributed by atoms with E-state index in [1.807, 2.05) is 19.9 Å². The van der Waals surface area contributed by atoms with Gasteiger partial charge in [0.15, 0.2) is 11.5 Å². The number of ether oxygens (including phenoxy) is 2. The zero-order valence-electron chi connectivity index (χ0n) is 21.1. The maximum atomic E-state index is 13.3. The van der Waals surface area contributed by atoms with Crippen LogP contribution in [-0.4, -0.2) is 34.8 Å². The number of urea groups is 1. The minimum absolute atomic E-state index is 0.00642. The van der Waals surface area contributed by atoms with Crippen molar-refractivity contribution in [2.45, 2.75) is 13.8 Å². The SMILES string of the molecule is COc1cc(/C=C2\C(=O)NC(=O)N(c3cc(C)cc(C)c3)C2=O)cc(Br)c1Oc1ccc([N+](=O)[O-])cc1[N+](=O)[O-]. The Morgan fingerprint density at radius 2 is 1.60 bits per heavy atom. The number of aryl methyl sites for hydroxylation is 2. The van der Waals surface area contributed by atoms with Gasteiger partial charge in [-0.3, -0.25) is 35.1 Å². The largest absolute Gasteiger partial charge is 0.493 e. The number of amides is 4. The number of methoxy groups -OCH3 is 1. The number of nitro groups is 2. The van der Waals surface area contributed by atoms with Gasteiger partial charge in [0.1, 0.15) is 5.57 Å². The molecule has 204 valence electrons. The maximum absolute atomic E-state index is 13.3. The van der Waals surface area contributed by atoms with Crippen molar-refractivity contribution in [3.05, 3.63) is 95.5 Å². The van der Waals surface area contributed by atoms with Gasteiger partial charge < -0.3 is 9.47 Å². The van der Waals surface area contributed by atoms with Crippen LogP contribution in [0.5, 0.6) is 17.2 Å². The highest BCUT2D eigenvalue weighted by molar-refractivity contribution is 9.10. The van der Waals surface area contributed by atoms with Gasteiger partial charge in [-0.05, 0) is 82.9 Å². The lowest BCUT2D eigenvalue weighted by Crippen LogP contribution is -2.54. The van der Waals surface area contributed by atoms with Crippen LogP contribution in [0.25, 0.3) is 6.08 Å². The molecule has 0 aromatic heterocycles. The van der Waals surface area contributed by atoms with Crippen LogP contribution in [0.1, 0.15) is 16.7 Å². The second-order valence-electron chi connectivity index (χ2n) is 8.61. The fourth-order valence-electron chi connectivity index (χ4n) is 4.02. The number of carbonyl (C=O) groups excluding carboxylic acids is 3. The van der Waals surface area contributed by atoms with Crippen LogP contribution in [0.2, 0.25) is 0 Å². The predicted molar refractivity (Wildman–Crippen MR) is 145 cm³/mol. The van der Waals surface area contributed by atoms with Crippen molar-refractivity contribution >= 4 is 56.9 Å².